The summed E-state index contributed by atoms with van der Waals surface area (Å²) < 4.78 is 64.7. The minimum Gasteiger partial charge on any atom is -0.490 e. The number of alkyl halides is 3. The molecule has 0 saturated carbocycles. The largest absolute Gasteiger partial charge is 0.490 e. The van der Waals surface area contributed by atoms with Crippen molar-refractivity contribution in [2.24, 2.45) is 5.92 Å². The highest BCUT2D eigenvalue weighted by Gasteiger charge is 2.40. The number of hydrogen-bond donors (Lipinski definition) is 0. The van der Waals surface area contributed by atoms with Crippen molar-refractivity contribution in [1.82, 2.24) is 4.98 Å². The Morgan fingerprint density at radius 3 is 2.62 bits per heavy atom. The van der Waals surface area contributed by atoms with Gasteiger partial charge in [-0.15, -0.1) is 0 Å². The lowest BCUT2D eigenvalue weighted by Gasteiger charge is -2.22. The van der Waals surface area contributed by atoms with Crippen molar-refractivity contribution in [3.8, 4) is 11.6 Å². The van der Waals surface area contributed by atoms with E-state index in [2.05, 4.69) is 20.9 Å². The van der Waals surface area contributed by atoms with Crippen molar-refractivity contribution in [3.63, 3.8) is 0 Å². The van der Waals surface area contributed by atoms with Gasteiger partial charge in [0.15, 0.2) is 11.6 Å². The van der Waals surface area contributed by atoms with Crippen molar-refractivity contribution in [2.45, 2.75) is 12.6 Å². The van der Waals surface area contributed by atoms with Gasteiger partial charge in [-0.25, -0.2) is 9.37 Å². The molecule has 0 saturated heterocycles. The van der Waals surface area contributed by atoms with Crippen LogP contribution in [0.1, 0.15) is 5.56 Å². The van der Waals surface area contributed by atoms with Gasteiger partial charge in [0.2, 0.25) is 5.88 Å². The molecule has 10 heteroatoms. The van der Waals surface area contributed by atoms with E-state index in [1.54, 1.807) is 6.07 Å². The van der Waals surface area contributed by atoms with E-state index in [0.29, 0.717) is 9.45 Å². The average molecular weight is 569 g/mol. The van der Waals surface area contributed by atoms with E-state index in [1.807, 2.05) is 22.6 Å². The highest BCUT2D eigenvalue weighted by atomic mass is 127. The van der Waals surface area contributed by atoms with Crippen LogP contribution in [0.4, 0.5) is 17.6 Å². The van der Waals surface area contributed by atoms with Crippen LogP contribution in [0, 0.1) is 15.3 Å². The van der Waals surface area contributed by atoms with Crippen LogP contribution in [0.15, 0.2) is 28.9 Å². The summed E-state index contributed by atoms with van der Waals surface area (Å²) in [4.78, 5) is 3.91. The van der Waals surface area contributed by atoms with Gasteiger partial charge in [0.1, 0.15) is 6.61 Å². The van der Waals surface area contributed by atoms with Gasteiger partial charge in [0, 0.05) is 6.07 Å². The first-order valence-corrected chi connectivity index (χ1v) is 9.39. The zero-order valence-electron chi connectivity index (χ0n) is 13.2. The first-order valence-electron chi connectivity index (χ1n) is 7.15. The molecule has 3 nitrogen and oxygen atoms in total. The maximum atomic E-state index is 13.8. The normalized spacial score (nSPS) is 12.8. The molecule has 26 heavy (non-hydrogen) atoms. The van der Waals surface area contributed by atoms with Gasteiger partial charge < -0.3 is 9.47 Å². The Morgan fingerprint density at radius 2 is 2.04 bits per heavy atom. The lowest BCUT2D eigenvalue weighted by atomic mass is 9.99. The Bertz CT molecular complexity index is 792. The van der Waals surface area contributed by atoms with Gasteiger partial charge in [-0.2, -0.15) is 13.2 Å². The van der Waals surface area contributed by atoms with E-state index in [9.17, 15) is 17.6 Å². The third-order valence-electron chi connectivity index (χ3n) is 3.49. The van der Waals surface area contributed by atoms with Crippen LogP contribution >= 0.6 is 50.1 Å². The third-order valence-corrected chi connectivity index (χ3v) is 5.48. The minimum absolute atomic E-state index is 0.0834. The number of hydrogen-bond acceptors (Lipinski definition) is 3. The molecule has 0 aliphatic rings. The minimum atomic E-state index is -4.53. The molecule has 2 aromatic rings. The van der Waals surface area contributed by atoms with Crippen molar-refractivity contribution in [2.75, 3.05) is 13.7 Å². The van der Waals surface area contributed by atoms with Crippen molar-refractivity contribution in [1.29, 1.82) is 0 Å². The number of pyridine rings is 1. The molecule has 0 bridgehead atoms. The Kier molecular flexibility index (Phi) is 7.37. The maximum absolute atomic E-state index is 13.8. The number of rotatable bonds is 6. The van der Waals surface area contributed by atoms with Crippen LogP contribution in [0.5, 0.6) is 11.6 Å². The van der Waals surface area contributed by atoms with Crippen LogP contribution in [0.3, 0.4) is 0 Å². The molecule has 2 rings (SSSR count). The average Bonchev–Trinajstić information content (AvgIpc) is 2.58. The van der Waals surface area contributed by atoms with Gasteiger partial charge >= 0.3 is 6.18 Å². The summed E-state index contributed by atoms with van der Waals surface area (Å²) in [6, 6.07) is 4.12. The van der Waals surface area contributed by atoms with Crippen LogP contribution in [0.25, 0.3) is 0 Å². The molecule has 1 aromatic carbocycles. The van der Waals surface area contributed by atoms with Gasteiger partial charge in [-0.1, -0.05) is 17.7 Å². The second kappa shape index (κ2) is 8.92. The Hall–Kier alpha value is -0.810. The van der Waals surface area contributed by atoms with Crippen LogP contribution < -0.4 is 9.47 Å². The monoisotopic (exact) mass is 567 g/mol. The van der Waals surface area contributed by atoms with Crippen molar-refractivity contribution < 1.29 is 27.0 Å². The third kappa shape index (κ3) is 5.35. The molecule has 0 fully saturated rings. The highest BCUT2D eigenvalue weighted by Crippen LogP contribution is 2.35. The molecule has 1 atom stereocenters. The van der Waals surface area contributed by atoms with E-state index in [0.717, 1.165) is 0 Å². The number of halogens is 7. The molecular formula is C16H12BrClF4INO2. The van der Waals surface area contributed by atoms with Crippen molar-refractivity contribution >= 4 is 50.1 Å². The quantitative estimate of drug-likeness (QED) is 0.242. The van der Waals surface area contributed by atoms with E-state index < -0.39 is 30.9 Å². The van der Waals surface area contributed by atoms with Gasteiger partial charge in [-0.05, 0) is 56.6 Å². The summed E-state index contributed by atoms with van der Waals surface area (Å²) in [6.45, 7) is -0.635. The second-order valence-corrected chi connectivity index (χ2v) is 7.61. The van der Waals surface area contributed by atoms with E-state index >= 15 is 0 Å². The molecule has 0 N–H and O–H groups in total. The number of aromatic nitrogens is 1. The summed E-state index contributed by atoms with van der Waals surface area (Å²) in [6.07, 6.45) is -3.69. The highest BCUT2D eigenvalue weighted by molar-refractivity contribution is 14.1. The molecule has 0 spiro atoms. The smallest absolute Gasteiger partial charge is 0.395 e. The molecule has 1 unspecified atom stereocenters. The number of nitrogens with zero attached hydrogens (tertiary/aromatic N) is 1. The lowest BCUT2D eigenvalue weighted by Crippen LogP contribution is -2.31. The molecule has 1 heterocycles. The lowest BCUT2D eigenvalue weighted by molar-refractivity contribution is -0.181. The van der Waals surface area contributed by atoms with Gasteiger partial charge in [0.25, 0.3) is 0 Å². The zero-order chi connectivity index (χ0) is 19.5. The molecule has 0 aliphatic heterocycles. The SMILES string of the molecule is COc1cc(I)c(OCC(Cc2ccc(Cl)c(F)c2Br)C(F)(F)F)cn1. The predicted octanol–water partition coefficient (Wildman–Crippen LogP) is 6.05. The van der Waals surface area contributed by atoms with Gasteiger partial charge in [0.05, 0.1) is 32.3 Å². The fourth-order valence-corrected chi connectivity index (χ4v) is 3.41. The first-order chi connectivity index (χ1) is 12.1. The summed E-state index contributed by atoms with van der Waals surface area (Å²) in [7, 11) is 1.43. The Balaban J connectivity index is 2.18. The predicted molar refractivity (Wildman–Crippen MR) is 101 cm³/mol. The molecule has 142 valence electrons. The summed E-state index contributed by atoms with van der Waals surface area (Å²) in [5.41, 5.74) is 0.153. The molecular weight excluding hydrogens is 556 g/mol. The Labute approximate surface area is 174 Å². The molecule has 0 radical (unpaired) electrons. The maximum Gasteiger partial charge on any atom is 0.395 e. The summed E-state index contributed by atoms with van der Waals surface area (Å²) >= 11 is 10.5. The number of benzene rings is 1. The molecule has 0 amide bonds. The van der Waals surface area contributed by atoms with E-state index in [4.69, 9.17) is 21.1 Å². The van der Waals surface area contributed by atoms with Gasteiger partial charge in [-0.3, -0.25) is 0 Å². The van der Waals surface area contributed by atoms with Crippen LogP contribution in [-0.4, -0.2) is 24.9 Å². The summed E-state index contributed by atoms with van der Waals surface area (Å²) in [5.74, 6) is -2.09. The first kappa shape index (κ1) is 21.5. The molecule has 1 aromatic heterocycles. The standard InChI is InChI=1S/C16H12BrClF4INO2/c1-25-13-5-11(23)12(6-24-13)26-7-9(16(20,21)22)4-8-2-3-10(18)15(19)14(8)17/h2-3,5-6,9H,4,7H2,1H3. The summed E-state index contributed by atoms with van der Waals surface area (Å²) in [5, 5.41) is -0.167. The zero-order valence-corrected chi connectivity index (χ0v) is 17.7. The number of ether oxygens (including phenoxy) is 2. The molecule has 0 aliphatic carbocycles. The van der Waals surface area contributed by atoms with Crippen molar-refractivity contribution in [3.05, 3.63) is 48.8 Å². The van der Waals surface area contributed by atoms with Crippen LogP contribution in [-0.2, 0) is 6.42 Å². The fourth-order valence-electron chi connectivity index (χ4n) is 2.07. The van der Waals surface area contributed by atoms with Crippen LogP contribution in [0.2, 0.25) is 5.02 Å². The van der Waals surface area contributed by atoms with E-state index in [-0.39, 0.29) is 20.8 Å². The Morgan fingerprint density at radius 1 is 1.35 bits per heavy atom. The number of methoxy groups -OCH3 is 1. The fraction of sp³-hybridized carbons (Fsp3) is 0.312. The second-order valence-electron chi connectivity index (χ2n) is 5.25. The van der Waals surface area contributed by atoms with E-state index in [1.165, 1.54) is 25.4 Å². The topological polar surface area (TPSA) is 31.4 Å².